The van der Waals surface area contributed by atoms with Crippen LogP contribution in [0.3, 0.4) is 0 Å². The van der Waals surface area contributed by atoms with Crippen molar-refractivity contribution in [2.75, 3.05) is 13.2 Å². The van der Waals surface area contributed by atoms with Crippen LogP contribution in [0.25, 0.3) is 0 Å². The SMILES string of the molecule is CCOC[C@@]1(O)CC[C@H]2[C@H](CC[C@@H]3[C@@H]2CC[C@@]2(C)[C@H]3CC[C@H]2[C@@H](C)c2ccccc2S(N)(=O)=O)C1. The van der Waals surface area contributed by atoms with Crippen molar-refractivity contribution in [1.29, 1.82) is 0 Å². The summed E-state index contributed by atoms with van der Waals surface area (Å²) >= 11 is 0. The molecule has 5 rings (SSSR count). The van der Waals surface area contributed by atoms with Crippen LogP contribution in [0.5, 0.6) is 0 Å². The van der Waals surface area contributed by atoms with Gasteiger partial charge in [0.1, 0.15) is 0 Å². The molecule has 0 radical (unpaired) electrons. The Balaban J connectivity index is 1.34. The minimum Gasteiger partial charge on any atom is -0.387 e. The summed E-state index contributed by atoms with van der Waals surface area (Å²) < 4.78 is 30.3. The third-order valence-electron chi connectivity index (χ3n) is 11.1. The number of benzene rings is 1. The fraction of sp³-hybridized carbons (Fsp3) is 0.793. The molecular formula is C29H45NO4S. The average molecular weight is 504 g/mol. The first-order valence-corrected chi connectivity index (χ1v) is 15.5. The molecule has 0 unspecified atom stereocenters. The Morgan fingerprint density at radius 1 is 1.06 bits per heavy atom. The van der Waals surface area contributed by atoms with Crippen LogP contribution in [0.1, 0.15) is 90.0 Å². The van der Waals surface area contributed by atoms with Gasteiger partial charge in [-0.3, -0.25) is 0 Å². The summed E-state index contributed by atoms with van der Waals surface area (Å²) in [5.41, 5.74) is 0.523. The molecule has 0 aliphatic heterocycles. The highest BCUT2D eigenvalue weighted by Crippen LogP contribution is 2.66. The van der Waals surface area contributed by atoms with E-state index in [9.17, 15) is 13.5 Å². The molecule has 0 heterocycles. The highest BCUT2D eigenvalue weighted by atomic mass is 32.2. The molecule has 4 fully saturated rings. The van der Waals surface area contributed by atoms with Gasteiger partial charge in [-0.1, -0.05) is 32.0 Å². The van der Waals surface area contributed by atoms with Crippen molar-refractivity contribution in [3.63, 3.8) is 0 Å². The first kappa shape index (κ1) is 25.7. The highest BCUT2D eigenvalue weighted by Gasteiger charge is 2.58. The summed E-state index contributed by atoms with van der Waals surface area (Å²) in [5.74, 6) is 4.33. The van der Waals surface area contributed by atoms with Gasteiger partial charge in [0.15, 0.2) is 0 Å². The van der Waals surface area contributed by atoms with E-state index in [1.807, 2.05) is 19.1 Å². The third-order valence-corrected chi connectivity index (χ3v) is 12.1. The van der Waals surface area contributed by atoms with Crippen molar-refractivity contribution >= 4 is 10.0 Å². The molecule has 0 bridgehead atoms. The second kappa shape index (κ2) is 9.41. The van der Waals surface area contributed by atoms with Crippen LogP contribution >= 0.6 is 0 Å². The topological polar surface area (TPSA) is 89.6 Å². The zero-order valence-electron chi connectivity index (χ0n) is 21.8. The molecule has 1 aromatic rings. The largest absolute Gasteiger partial charge is 0.387 e. The average Bonchev–Trinajstić information content (AvgIpc) is 3.18. The zero-order chi connectivity index (χ0) is 25.0. The maximum atomic E-state index is 12.3. The lowest BCUT2D eigenvalue weighted by Crippen LogP contribution is -2.52. The van der Waals surface area contributed by atoms with Gasteiger partial charge in [-0.15, -0.1) is 0 Å². The van der Waals surface area contributed by atoms with E-state index >= 15 is 0 Å². The number of rotatable bonds is 6. The number of hydrogen-bond acceptors (Lipinski definition) is 4. The quantitative estimate of drug-likeness (QED) is 0.538. The summed E-state index contributed by atoms with van der Waals surface area (Å²) in [7, 11) is -3.73. The first-order valence-electron chi connectivity index (χ1n) is 14.0. The summed E-state index contributed by atoms with van der Waals surface area (Å²) in [6.07, 6.45) is 10.4. The van der Waals surface area contributed by atoms with Crippen molar-refractivity contribution in [1.82, 2.24) is 0 Å². The number of fused-ring (bicyclic) bond motifs is 5. The lowest BCUT2D eigenvalue weighted by Gasteiger charge is -2.57. The predicted octanol–water partition coefficient (Wildman–Crippen LogP) is 5.47. The number of nitrogens with two attached hydrogens (primary N) is 1. The molecule has 6 heteroatoms. The molecular weight excluding hydrogens is 458 g/mol. The molecule has 1 aromatic carbocycles. The van der Waals surface area contributed by atoms with E-state index in [-0.39, 0.29) is 11.3 Å². The summed E-state index contributed by atoms with van der Waals surface area (Å²) in [5, 5.41) is 16.7. The Labute approximate surface area is 212 Å². The van der Waals surface area contributed by atoms with E-state index in [4.69, 9.17) is 9.88 Å². The van der Waals surface area contributed by atoms with Gasteiger partial charge in [0.05, 0.1) is 17.1 Å². The van der Waals surface area contributed by atoms with Gasteiger partial charge in [-0.2, -0.15) is 0 Å². The zero-order valence-corrected chi connectivity index (χ0v) is 22.6. The standard InChI is InChI=1S/C29H45NO4S/c1-4-34-18-29(31)16-14-22-20(17-29)9-10-24-23(22)13-15-28(3)25(11-12-26(24)28)19(2)21-7-5-6-8-27(21)35(30,32)33/h5-8,19-20,22-26,31H,4,9-18H2,1-3H3,(H2,30,32,33)/t19-,20+,22-,23+,24+,25-,26-,28+,29+/m0/s1. The van der Waals surface area contributed by atoms with E-state index < -0.39 is 15.6 Å². The number of primary sulfonamides is 1. The van der Waals surface area contributed by atoms with Crippen molar-refractivity contribution in [3.8, 4) is 0 Å². The van der Waals surface area contributed by atoms with E-state index in [0.717, 1.165) is 48.5 Å². The molecule has 0 amide bonds. The van der Waals surface area contributed by atoms with Crippen LogP contribution in [0, 0.1) is 40.9 Å². The molecule has 4 aliphatic carbocycles. The van der Waals surface area contributed by atoms with Gasteiger partial charge in [0, 0.05) is 6.61 Å². The lowest BCUT2D eigenvalue weighted by atomic mass is 9.48. The van der Waals surface area contributed by atoms with Crippen LogP contribution in [0.15, 0.2) is 29.2 Å². The maximum absolute atomic E-state index is 12.3. The monoisotopic (exact) mass is 503 g/mol. The van der Waals surface area contributed by atoms with Crippen molar-refractivity contribution in [2.24, 2.45) is 46.1 Å². The van der Waals surface area contributed by atoms with E-state index in [1.54, 1.807) is 12.1 Å². The fourth-order valence-electron chi connectivity index (χ4n) is 9.58. The molecule has 0 saturated heterocycles. The van der Waals surface area contributed by atoms with Gasteiger partial charge in [-0.25, -0.2) is 13.6 Å². The molecule has 0 aromatic heterocycles. The Hall–Kier alpha value is -0.950. The summed E-state index contributed by atoms with van der Waals surface area (Å²) in [6.45, 7) is 7.90. The maximum Gasteiger partial charge on any atom is 0.238 e. The van der Waals surface area contributed by atoms with E-state index in [2.05, 4.69) is 13.8 Å². The molecule has 3 N–H and O–H groups in total. The number of ether oxygens (including phenoxy) is 1. The Morgan fingerprint density at radius 3 is 2.54 bits per heavy atom. The van der Waals surface area contributed by atoms with E-state index in [0.29, 0.717) is 29.9 Å². The number of aliphatic hydroxyl groups is 1. The Morgan fingerprint density at radius 2 is 1.80 bits per heavy atom. The van der Waals surface area contributed by atoms with Crippen molar-refractivity contribution in [3.05, 3.63) is 29.8 Å². The molecule has 5 nitrogen and oxygen atoms in total. The lowest BCUT2D eigenvalue weighted by molar-refractivity contribution is -0.128. The van der Waals surface area contributed by atoms with E-state index in [1.165, 1.54) is 38.5 Å². The second-order valence-corrected chi connectivity index (χ2v) is 14.2. The molecule has 4 aliphatic rings. The molecule has 35 heavy (non-hydrogen) atoms. The van der Waals surface area contributed by atoms with Crippen LogP contribution in [-0.4, -0.2) is 32.3 Å². The Kier molecular flexibility index (Phi) is 6.91. The van der Waals surface area contributed by atoms with Crippen LogP contribution in [0.4, 0.5) is 0 Å². The minimum absolute atomic E-state index is 0.177. The van der Waals surface area contributed by atoms with Crippen LogP contribution < -0.4 is 5.14 Å². The van der Waals surface area contributed by atoms with Crippen LogP contribution in [-0.2, 0) is 14.8 Å². The molecule has 196 valence electrons. The number of hydrogen-bond donors (Lipinski definition) is 2. The molecule has 4 saturated carbocycles. The number of sulfonamides is 1. The third kappa shape index (κ3) is 4.51. The summed E-state index contributed by atoms with van der Waals surface area (Å²) in [6, 6.07) is 7.37. The minimum atomic E-state index is -3.73. The van der Waals surface area contributed by atoms with Gasteiger partial charge >= 0.3 is 0 Å². The molecule has 9 atom stereocenters. The fourth-order valence-corrected chi connectivity index (χ4v) is 10.4. The highest BCUT2D eigenvalue weighted by molar-refractivity contribution is 7.89. The van der Waals surface area contributed by atoms with Gasteiger partial charge < -0.3 is 9.84 Å². The summed E-state index contributed by atoms with van der Waals surface area (Å²) in [4.78, 5) is 0.301. The van der Waals surface area contributed by atoms with Crippen molar-refractivity contribution in [2.45, 2.75) is 95.0 Å². The van der Waals surface area contributed by atoms with Gasteiger partial charge in [0.2, 0.25) is 10.0 Å². The van der Waals surface area contributed by atoms with Gasteiger partial charge in [-0.05, 0) is 123 Å². The molecule has 0 spiro atoms. The van der Waals surface area contributed by atoms with Gasteiger partial charge in [0.25, 0.3) is 0 Å². The smallest absolute Gasteiger partial charge is 0.238 e. The Bertz CT molecular complexity index is 1030. The van der Waals surface area contributed by atoms with Crippen molar-refractivity contribution < 1.29 is 18.3 Å². The normalized spacial score (nSPS) is 42.1. The van der Waals surface area contributed by atoms with Crippen LogP contribution in [0.2, 0.25) is 0 Å². The second-order valence-electron chi connectivity index (χ2n) is 12.6. The first-order chi connectivity index (χ1) is 16.6. The predicted molar refractivity (Wildman–Crippen MR) is 138 cm³/mol.